The van der Waals surface area contributed by atoms with Crippen molar-refractivity contribution in [3.05, 3.63) is 64.5 Å². The molecule has 2 heterocycles. The van der Waals surface area contributed by atoms with Crippen LogP contribution in [0.4, 0.5) is 17.6 Å². The lowest BCUT2D eigenvalue weighted by atomic mass is 9.90. The zero-order chi connectivity index (χ0) is 27.6. The van der Waals surface area contributed by atoms with Gasteiger partial charge in [0.25, 0.3) is 5.91 Å². The molecule has 3 aliphatic rings. The van der Waals surface area contributed by atoms with E-state index in [-0.39, 0.29) is 47.1 Å². The zero-order valence-corrected chi connectivity index (χ0v) is 21.4. The largest absolute Gasteiger partial charge is 0.416 e. The van der Waals surface area contributed by atoms with Crippen molar-refractivity contribution >= 4 is 21.7 Å². The number of benzene rings is 2. The number of nitrogens with zero attached hydrogens (tertiary/aromatic N) is 1. The average molecular weight is 555 g/mol. The molecule has 1 saturated carbocycles. The van der Waals surface area contributed by atoms with Gasteiger partial charge in [-0.3, -0.25) is 9.59 Å². The Morgan fingerprint density at radius 2 is 1.82 bits per heavy atom. The summed E-state index contributed by atoms with van der Waals surface area (Å²) in [6.45, 7) is 2.06. The number of carbonyl (C=O) groups is 2. The molecule has 2 saturated heterocycles. The highest BCUT2D eigenvalue weighted by atomic mass is 32.2. The molecule has 0 bridgehead atoms. The molecule has 0 radical (unpaired) electrons. The van der Waals surface area contributed by atoms with Crippen LogP contribution in [0.3, 0.4) is 0 Å². The number of hydrogen-bond acceptors (Lipinski definition) is 5. The van der Waals surface area contributed by atoms with Crippen molar-refractivity contribution in [2.75, 3.05) is 19.5 Å². The van der Waals surface area contributed by atoms with Gasteiger partial charge in [-0.05, 0) is 61.6 Å². The maximum atomic E-state index is 14.8. The summed E-state index contributed by atoms with van der Waals surface area (Å²) in [6, 6.07) is 4.53. The number of hydrogen-bond donors (Lipinski definition) is 1. The van der Waals surface area contributed by atoms with E-state index in [9.17, 15) is 35.6 Å². The summed E-state index contributed by atoms with van der Waals surface area (Å²) < 4.78 is 83.3. The Labute approximate surface area is 217 Å². The number of piperidine rings is 1. The predicted molar refractivity (Wildman–Crippen MR) is 127 cm³/mol. The van der Waals surface area contributed by atoms with E-state index < -0.39 is 51.3 Å². The summed E-state index contributed by atoms with van der Waals surface area (Å²) in [5.74, 6) is -2.35. The van der Waals surface area contributed by atoms with Crippen LogP contribution in [0.25, 0.3) is 0 Å². The summed E-state index contributed by atoms with van der Waals surface area (Å²) >= 11 is 0. The number of amides is 2. The third-order valence-electron chi connectivity index (χ3n) is 7.46. The Balaban J connectivity index is 1.41. The highest BCUT2D eigenvalue weighted by molar-refractivity contribution is 7.90. The monoisotopic (exact) mass is 554 g/mol. The van der Waals surface area contributed by atoms with Gasteiger partial charge < -0.3 is 15.0 Å². The van der Waals surface area contributed by atoms with Crippen LogP contribution in [0, 0.1) is 24.6 Å². The van der Waals surface area contributed by atoms with Gasteiger partial charge >= 0.3 is 6.18 Å². The van der Waals surface area contributed by atoms with Gasteiger partial charge in [0.2, 0.25) is 5.91 Å². The number of sulfone groups is 1. The molecule has 1 aliphatic carbocycles. The Hall–Kier alpha value is -2.99. The van der Waals surface area contributed by atoms with E-state index in [1.54, 1.807) is 13.0 Å². The van der Waals surface area contributed by atoms with Crippen molar-refractivity contribution in [1.82, 2.24) is 10.2 Å². The van der Waals surface area contributed by atoms with Gasteiger partial charge in [0.15, 0.2) is 9.84 Å². The van der Waals surface area contributed by atoms with Gasteiger partial charge in [-0.15, -0.1) is 0 Å². The van der Waals surface area contributed by atoms with Gasteiger partial charge in [-0.25, -0.2) is 12.8 Å². The van der Waals surface area contributed by atoms with Crippen molar-refractivity contribution in [1.29, 1.82) is 0 Å². The molecule has 12 heteroatoms. The second kappa shape index (κ2) is 9.33. The minimum Gasteiger partial charge on any atom is -0.381 e. The number of alkyl halides is 3. The Morgan fingerprint density at radius 3 is 2.39 bits per heavy atom. The van der Waals surface area contributed by atoms with E-state index in [1.165, 1.54) is 17.0 Å². The lowest BCUT2D eigenvalue weighted by Crippen LogP contribution is -2.51. The van der Waals surface area contributed by atoms with E-state index in [0.29, 0.717) is 24.5 Å². The summed E-state index contributed by atoms with van der Waals surface area (Å²) in [7, 11) is -3.57. The van der Waals surface area contributed by atoms with Crippen molar-refractivity contribution in [3.63, 3.8) is 0 Å². The fourth-order valence-electron chi connectivity index (χ4n) is 5.32. The Kier molecular flexibility index (Phi) is 6.54. The lowest BCUT2D eigenvalue weighted by Gasteiger charge is -2.36. The normalized spacial score (nSPS) is 23.9. The smallest absolute Gasteiger partial charge is 0.381 e. The number of ether oxygens (including phenoxy) is 1. The number of likely N-dealkylation sites (tertiary alicyclic amines) is 1. The fourth-order valence-corrected chi connectivity index (χ4v) is 6.06. The van der Waals surface area contributed by atoms with E-state index >= 15 is 0 Å². The minimum absolute atomic E-state index is 0.00350. The topological polar surface area (TPSA) is 92.8 Å². The van der Waals surface area contributed by atoms with E-state index in [1.807, 2.05) is 0 Å². The highest BCUT2D eigenvalue weighted by Crippen LogP contribution is 2.49. The highest BCUT2D eigenvalue weighted by Gasteiger charge is 2.56. The molecule has 2 aromatic carbocycles. The Bertz CT molecular complexity index is 1410. The first-order chi connectivity index (χ1) is 17.7. The van der Waals surface area contributed by atoms with Crippen LogP contribution in [-0.4, -0.2) is 56.7 Å². The molecule has 2 amide bonds. The maximum Gasteiger partial charge on any atom is 0.416 e. The summed E-state index contributed by atoms with van der Waals surface area (Å²) in [5.41, 5.74) is -0.495. The number of rotatable bonds is 6. The number of carbonyl (C=O) groups excluding carboxylic acids is 2. The van der Waals surface area contributed by atoms with Crippen LogP contribution >= 0.6 is 0 Å². The van der Waals surface area contributed by atoms with E-state index in [2.05, 4.69) is 5.32 Å². The van der Waals surface area contributed by atoms with Gasteiger partial charge in [0.05, 0.1) is 29.7 Å². The third kappa shape index (κ3) is 5.03. The number of halogens is 4. The van der Waals surface area contributed by atoms with E-state index in [0.717, 1.165) is 18.4 Å². The summed E-state index contributed by atoms with van der Waals surface area (Å²) in [5, 5.41) is 2.77. The molecule has 3 fully saturated rings. The molecule has 1 unspecified atom stereocenters. The first-order valence-electron chi connectivity index (χ1n) is 12.1. The summed E-state index contributed by atoms with van der Waals surface area (Å²) in [6.07, 6.45) is -2.57. The fraction of sp³-hybridized carbons (Fsp3) is 0.462. The molecule has 0 aromatic heterocycles. The number of aryl methyl sites for hydroxylation is 1. The summed E-state index contributed by atoms with van der Waals surface area (Å²) in [4.78, 5) is 28.5. The molecule has 2 aliphatic heterocycles. The standard InChI is InChI=1S/C26H26F4N2O5S/c1-13-5-15(7-18(6-13)38(2,35)36)25(34)32-21-8-14(21)9-22(32)24(33)31-23(16-11-37-12-16)19-4-3-17(10-20(19)27)26(28,29)30/h3-7,10,14,16,21-23H,8-9,11-12H2,1-2H3,(H,31,33)/t14-,21-,22-,23?/m1/s1. The molecule has 5 rings (SSSR count). The molecule has 4 atom stereocenters. The SMILES string of the molecule is Cc1cc(C(=O)N2[C@@H](C(=O)NC(c3ccc(C(F)(F)F)cc3F)C3COC3)C[C@H]3C[C@H]32)cc(S(C)(=O)=O)c1. The molecule has 204 valence electrons. The van der Waals surface area contributed by atoms with Crippen molar-refractivity contribution in [2.24, 2.45) is 11.8 Å². The van der Waals surface area contributed by atoms with Crippen LogP contribution in [0.2, 0.25) is 0 Å². The van der Waals surface area contributed by atoms with Crippen molar-refractivity contribution < 1.29 is 40.3 Å². The molecule has 0 spiro atoms. The molecule has 2 aromatic rings. The second-order valence-electron chi connectivity index (χ2n) is 10.4. The first kappa shape index (κ1) is 26.6. The van der Waals surface area contributed by atoms with Gasteiger partial charge in [-0.2, -0.15) is 13.2 Å². The number of fused-ring (bicyclic) bond motifs is 1. The molecule has 1 N–H and O–H groups in total. The first-order valence-corrected chi connectivity index (χ1v) is 14.0. The van der Waals surface area contributed by atoms with Crippen molar-refractivity contribution in [3.8, 4) is 0 Å². The van der Waals surface area contributed by atoms with Crippen LogP contribution in [0.15, 0.2) is 41.3 Å². The van der Waals surface area contributed by atoms with Crippen LogP contribution < -0.4 is 5.32 Å². The van der Waals surface area contributed by atoms with Crippen LogP contribution in [0.1, 0.15) is 45.9 Å². The predicted octanol–water partition coefficient (Wildman–Crippen LogP) is 3.66. The van der Waals surface area contributed by atoms with Gasteiger partial charge in [0.1, 0.15) is 11.9 Å². The molecular formula is C26H26F4N2O5S. The van der Waals surface area contributed by atoms with Crippen LogP contribution in [-0.2, 0) is 25.5 Å². The Morgan fingerprint density at radius 1 is 1.11 bits per heavy atom. The molecule has 7 nitrogen and oxygen atoms in total. The van der Waals surface area contributed by atoms with E-state index in [4.69, 9.17) is 4.74 Å². The van der Waals surface area contributed by atoms with Crippen LogP contribution in [0.5, 0.6) is 0 Å². The zero-order valence-electron chi connectivity index (χ0n) is 20.6. The second-order valence-corrected chi connectivity index (χ2v) is 12.4. The lowest BCUT2D eigenvalue weighted by molar-refractivity contribution is -0.138. The maximum absolute atomic E-state index is 14.8. The average Bonchev–Trinajstić information content (AvgIpc) is 3.44. The third-order valence-corrected chi connectivity index (χ3v) is 8.56. The van der Waals surface area contributed by atoms with Gasteiger partial charge in [-0.1, -0.05) is 6.07 Å². The van der Waals surface area contributed by atoms with Crippen molar-refractivity contribution in [2.45, 2.75) is 49.0 Å². The molecular weight excluding hydrogens is 528 g/mol. The minimum atomic E-state index is -4.71. The quantitative estimate of drug-likeness (QED) is 0.551. The number of nitrogens with one attached hydrogen (secondary N) is 1. The molecule has 38 heavy (non-hydrogen) atoms. The van der Waals surface area contributed by atoms with Gasteiger partial charge in [0, 0.05) is 29.3 Å².